The van der Waals surface area contributed by atoms with Crippen LogP contribution in [-0.2, 0) is 20.2 Å². The molecule has 1 N–H and O–H groups in total. The molecule has 4 fully saturated rings. The van der Waals surface area contributed by atoms with Gasteiger partial charge in [0.15, 0.2) is 0 Å². The van der Waals surface area contributed by atoms with Gasteiger partial charge in [-0.15, -0.1) is 0 Å². The molecule has 4 saturated carbocycles. The Kier molecular flexibility index (Phi) is 7.62. The van der Waals surface area contributed by atoms with Crippen LogP contribution in [0.4, 0.5) is 17.1 Å². The number of nitrogens with zero attached hydrogens (tertiary/aromatic N) is 2. The number of amides is 1. The van der Waals surface area contributed by atoms with Gasteiger partial charge < -0.3 is 10.1 Å². The fourth-order valence-electron chi connectivity index (χ4n) is 7.93. The number of hydrogen-bond acceptors (Lipinski definition) is 6. The Morgan fingerprint density at radius 3 is 2.23 bits per heavy atom. The van der Waals surface area contributed by atoms with E-state index in [2.05, 4.69) is 17.4 Å². The molecule has 1 amide bonds. The number of rotatable bonds is 9. The molecule has 0 spiro atoms. The zero-order chi connectivity index (χ0) is 30.5. The summed E-state index contributed by atoms with van der Waals surface area (Å²) in [5.74, 6) is 2.03. The van der Waals surface area contributed by atoms with E-state index in [9.17, 15) is 23.3 Å². The molecule has 4 bridgehead atoms. The van der Waals surface area contributed by atoms with E-state index < -0.39 is 27.4 Å². The molecule has 0 atom stereocenters. The summed E-state index contributed by atoms with van der Waals surface area (Å²) in [6.45, 7) is 0.908. The smallest absolute Gasteiger partial charge is 0.273 e. The monoisotopic (exact) mass is 623 g/mol. The van der Waals surface area contributed by atoms with Gasteiger partial charge in [-0.25, -0.2) is 8.42 Å². The normalized spacial score (nSPS) is 24.0. The van der Waals surface area contributed by atoms with Gasteiger partial charge >= 0.3 is 0 Å². The first-order valence-corrected chi connectivity index (χ1v) is 16.3. The van der Waals surface area contributed by atoms with Crippen molar-refractivity contribution in [1.29, 1.82) is 0 Å². The molecular formula is C32H34ClN3O6S. The van der Waals surface area contributed by atoms with Crippen molar-refractivity contribution in [2.45, 2.75) is 55.8 Å². The highest BCUT2D eigenvalue weighted by Gasteiger charge is 2.51. The maximum absolute atomic E-state index is 14.0. The Morgan fingerprint density at radius 2 is 1.65 bits per heavy atom. The number of nitro benzene ring substituents is 1. The predicted octanol–water partition coefficient (Wildman–Crippen LogP) is 6.87. The van der Waals surface area contributed by atoms with Crippen molar-refractivity contribution in [3.05, 3.63) is 86.9 Å². The third-order valence-electron chi connectivity index (χ3n) is 9.48. The quantitative estimate of drug-likeness (QED) is 0.205. The second kappa shape index (κ2) is 11.1. The van der Waals surface area contributed by atoms with E-state index in [1.165, 1.54) is 88.5 Å². The van der Waals surface area contributed by atoms with Crippen molar-refractivity contribution in [3.63, 3.8) is 0 Å². The number of nitrogens with one attached hydrogen (secondary N) is 1. The second-order valence-electron chi connectivity index (χ2n) is 12.4. The molecule has 11 heteroatoms. The van der Waals surface area contributed by atoms with Crippen LogP contribution < -0.4 is 14.4 Å². The van der Waals surface area contributed by atoms with Crippen molar-refractivity contribution in [3.8, 4) is 5.75 Å². The van der Waals surface area contributed by atoms with Crippen molar-refractivity contribution in [1.82, 2.24) is 0 Å². The van der Waals surface area contributed by atoms with Crippen LogP contribution >= 0.6 is 11.6 Å². The Labute approximate surface area is 256 Å². The predicted molar refractivity (Wildman–Crippen MR) is 165 cm³/mol. The van der Waals surface area contributed by atoms with Crippen LogP contribution in [0.1, 0.15) is 49.7 Å². The summed E-state index contributed by atoms with van der Waals surface area (Å²) in [4.78, 5) is 24.0. The fraction of sp³-hybridized carbons (Fsp3) is 0.406. The molecule has 0 heterocycles. The molecule has 0 saturated heterocycles. The lowest BCUT2D eigenvalue weighted by Crippen LogP contribution is -2.48. The van der Waals surface area contributed by atoms with Crippen molar-refractivity contribution in [2.75, 3.05) is 23.3 Å². The number of methoxy groups -OCH3 is 1. The average Bonchev–Trinajstić information content (AvgIpc) is 2.95. The number of hydrogen-bond donors (Lipinski definition) is 1. The molecule has 43 heavy (non-hydrogen) atoms. The molecule has 0 aromatic heterocycles. The Bertz CT molecular complexity index is 1660. The first-order valence-electron chi connectivity index (χ1n) is 14.5. The molecule has 3 aromatic rings. The van der Waals surface area contributed by atoms with Crippen LogP contribution in [-0.4, -0.2) is 32.9 Å². The third-order valence-corrected chi connectivity index (χ3v) is 11.5. The standard InChI is InChI=1S/C32H34ClN3O6S/c1-20-3-9-27(15-28(20)36(38)39)43(40,41)35(29-14-25(33)6-10-30(29)42-2)19-31(37)34-26-7-4-24(5-8-26)32-16-21-11-22(17-32)13-23(12-21)18-32/h3-10,14-15,21-23H,11-13,16-19H2,1-2H3,(H,34,37). The van der Waals surface area contributed by atoms with Crippen LogP contribution in [0.5, 0.6) is 5.75 Å². The minimum absolute atomic E-state index is 0.0329. The zero-order valence-corrected chi connectivity index (χ0v) is 25.7. The molecular weight excluding hydrogens is 590 g/mol. The zero-order valence-electron chi connectivity index (χ0n) is 24.1. The van der Waals surface area contributed by atoms with E-state index >= 15 is 0 Å². The van der Waals surface area contributed by atoms with Crippen molar-refractivity contribution < 1.29 is 22.9 Å². The van der Waals surface area contributed by atoms with E-state index in [-0.39, 0.29) is 32.5 Å². The third kappa shape index (κ3) is 5.58. The fourth-order valence-corrected chi connectivity index (χ4v) is 9.54. The number of halogens is 1. The van der Waals surface area contributed by atoms with Gasteiger partial charge in [0.2, 0.25) is 5.91 Å². The number of sulfonamides is 1. The minimum atomic E-state index is -4.47. The maximum Gasteiger partial charge on any atom is 0.273 e. The molecule has 0 radical (unpaired) electrons. The van der Waals surface area contributed by atoms with Crippen LogP contribution in [0.15, 0.2) is 65.6 Å². The van der Waals surface area contributed by atoms with Crippen molar-refractivity contribution >= 4 is 44.6 Å². The second-order valence-corrected chi connectivity index (χ2v) is 14.7. The van der Waals surface area contributed by atoms with Crippen LogP contribution in [0.3, 0.4) is 0 Å². The van der Waals surface area contributed by atoms with E-state index in [1.807, 2.05) is 12.1 Å². The van der Waals surface area contributed by atoms with Gasteiger partial charge in [0.25, 0.3) is 15.7 Å². The highest BCUT2D eigenvalue weighted by Crippen LogP contribution is 2.60. The number of carbonyl (C=O) groups is 1. The summed E-state index contributed by atoms with van der Waals surface area (Å²) in [6.07, 6.45) is 7.78. The number of aryl methyl sites for hydroxylation is 1. The average molecular weight is 624 g/mol. The number of nitro groups is 1. The van der Waals surface area contributed by atoms with Crippen LogP contribution in [0.2, 0.25) is 5.02 Å². The lowest BCUT2D eigenvalue weighted by Gasteiger charge is -2.57. The van der Waals surface area contributed by atoms with Crippen LogP contribution in [0, 0.1) is 34.8 Å². The summed E-state index contributed by atoms with van der Waals surface area (Å²) in [6, 6.07) is 16.0. The summed E-state index contributed by atoms with van der Waals surface area (Å²) < 4.78 is 34.2. The van der Waals surface area contributed by atoms with Crippen LogP contribution in [0.25, 0.3) is 0 Å². The van der Waals surface area contributed by atoms with E-state index in [4.69, 9.17) is 16.3 Å². The summed E-state index contributed by atoms with van der Waals surface area (Å²) in [7, 11) is -3.09. The first kappa shape index (κ1) is 29.4. The highest BCUT2D eigenvalue weighted by atomic mass is 35.5. The Hall–Kier alpha value is -3.63. The number of benzene rings is 3. The number of anilines is 2. The number of carbonyl (C=O) groups excluding carboxylic acids is 1. The van der Waals surface area contributed by atoms with Gasteiger partial charge in [0, 0.05) is 22.3 Å². The van der Waals surface area contributed by atoms with E-state index in [1.54, 1.807) is 0 Å². The summed E-state index contributed by atoms with van der Waals surface area (Å²) in [5, 5.41) is 14.6. The minimum Gasteiger partial charge on any atom is -0.495 e. The topological polar surface area (TPSA) is 119 Å². The molecule has 0 aliphatic heterocycles. The maximum atomic E-state index is 14.0. The molecule has 4 aliphatic carbocycles. The molecule has 9 nitrogen and oxygen atoms in total. The van der Waals surface area contributed by atoms with Gasteiger partial charge in [-0.3, -0.25) is 19.2 Å². The summed E-state index contributed by atoms with van der Waals surface area (Å²) >= 11 is 6.23. The van der Waals surface area contributed by atoms with E-state index in [0.29, 0.717) is 11.3 Å². The van der Waals surface area contributed by atoms with Crippen molar-refractivity contribution in [2.24, 2.45) is 17.8 Å². The number of ether oxygens (including phenoxy) is 1. The lowest BCUT2D eigenvalue weighted by atomic mass is 9.48. The molecule has 226 valence electrons. The first-order chi connectivity index (χ1) is 20.5. The molecule has 4 aliphatic rings. The SMILES string of the molecule is COc1ccc(Cl)cc1N(CC(=O)Nc1ccc(C23CC4CC(CC(C4)C2)C3)cc1)S(=O)(=O)c1ccc(C)c([N+](=O)[O-])c1. The van der Waals surface area contributed by atoms with Gasteiger partial charge in [0.1, 0.15) is 12.3 Å². The van der Waals surface area contributed by atoms with E-state index in [0.717, 1.165) is 28.1 Å². The van der Waals surface area contributed by atoms with Gasteiger partial charge in [0.05, 0.1) is 22.6 Å². The lowest BCUT2D eigenvalue weighted by molar-refractivity contribution is -0.385. The Balaban J connectivity index is 1.27. The molecule has 0 unspecified atom stereocenters. The largest absolute Gasteiger partial charge is 0.495 e. The van der Waals surface area contributed by atoms with Gasteiger partial charge in [-0.1, -0.05) is 29.8 Å². The highest BCUT2D eigenvalue weighted by molar-refractivity contribution is 7.92. The Morgan fingerprint density at radius 1 is 1.02 bits per heavy atom. The molecule has 7 rings (SSSR count). The van der Waals surface area contributed by atoms with Gasteiger partial charge in [-0.05, 0) is 111 Å². The summed E-state index contributed by atoms with van der Waals surface area (Å²) in [5.41, 5.74) is 2.10. The molecule has 3 aromatic carbocycles. The van der Waals surface area contributed by atoms with Gasteiger partial charge in [-0.2, -0.15) is 0 Å².